The molecule has 0 bridgehead atoms. The fourth-order valence-electron chi connectivity index (χ4n) is 4.05. The van der Waals surface area contributed by atoms with Crippen LogP contribution >= 0.6 is 0 Å². The van der Waals surface area contributed by atoms with Crippen molar-refractivity contribution in [1.29, 1.82) is 0 Å². The van der Waals surface area contributed by atoms with Gasteiger partial charge in [-0.25, -0.2) is 19.0 Å². The van der Waals surface area contributed by atoms with Crippen LogP contribution in [-0.2, 0) is 17.5 Å². The Morgan fingerprint density at radius 1 is 1.07 bits per heavy atom. The molecule has 0 aliphatic rings. The molecule has 0 saturated carbocycles. The average molecular weight is 567 g/mol. The number of carbonyl (C=O) groups excluding carboxylic acids is 1. The van der Waals surface area contributed by atoms with Gasteiger partial charge in [-0.2, -0.15) is 13.2 Å². The van der Waals surface area contributed by atoms with Crippen LogP contribution in [0.2, 0.25) is 0 Å². The molecule has 1 atom stereocenters. The molecule has 1 amide bonds. The molecule has 5 aromatic rings. The number of alkyl halides is 3. The van der Waals surface area contributed by atoms with Crippen molar-refractivity contribution in [3.05, 3.63) is 93.8 Å². The van der Waals surface area contributed by atoms with Crippen LogP contribution in [0.1, 0.15) is 29.7 Å². The molecule has 0 fully saturated rings. The number of anilines is 2. The Kier molecular flexibility index (Phi) is 7.22. The van der Waals surface area contributed by atoms with E-state index in [9.17, 15) is 27.2 Å². The van der Waals surface area contributed by atoms with Crippen LogP contribution in [0, 0.1) is 12.7 Å². The van der Waals surface area contributed by atoms with Crippen LogP contribution in [0.5, 0.6) is 0 Å². The predicted molar refractivity (Wildman–Crippen MR) is 142 cm³/mol. The molecule has 0 aliphatic carbocycles. The van der Waals surface area contributed by atoms with Gasteiger partial charge in [0.05, 0.1) is 23.0 Å². The first-order valence-corrected chi connectivity index (χ1v) is 12.3. The lowest BCUT2D eigenvalue weighted by atomic mass is 10.1. The molecule has 4 heterocycles. The van der Waals surface area contributed by atoms with Crippen LogP contribution in [-0.4, -0.2) is 35.9 Å². The highest BCUT2D eigenvalue weighted by atomic mass is 19.4. The van der Waals surface area contributed by atoms with Crippen LogP contribution in [0.3, 0.4) is 0 Å². The lowest BCUT2D eigenvalue weighted by molar-refractivity contribution is -0.137. The molecular formula is C27H22F4N8O2. The van der Waals surface area contributed by atoms with Gasteiger partial charge in [-0.15, -0.1) is 5.10 Å². The molecule has 3 N–H and O–H groups in total. The molecule has 0 aliphatic heterocycles. The Balaban J connectivity index is 1.29. The zero-order valence-corrected chi connectivity index (χ0v) is 21.6. The van der Waals surface area contributed by atoms with Gasteiger partial charge in [-0.1, -0.05) is 5.21 Å². The summed E-state index contributed by atoms with van der Waals surface area (Å²) in [5, 5.41) is 14.2. The van der Waals surface area contributed by atoms with Crippen molar-refractivity contribution in [1.82, 2.24) is 35.3 Å². The van der Waals surface area contributed by atoms with E-state index in [1.165, 1.54) is 29.1 Å². The summed E-state index contributed by atoms with van der Waals surface area (Å²) in [6.07, 6.45) is -1.95. The molecule has 210 valence electrons. The summed E-state index contributed by atoms with van der Waals surface area (Å²) in [5.41, 5.74) is 0.788. The number of carbonyl (C=O) groups is 1. The smallest absolute Gasteiger partial charge is 0.350 e. The van der Waals surface area contributed by atoms with Crippen molar-refractivity contribution in [2.75, 3.05) is 5.32 Å². The quantitative estimate of drug-likeness (QED) is 0.244. The second kappa shape index (κ2) is 10.8. The summed E-state index contributed by atoms with van der Waals surface area (Å²) < 4.78 is 53.9. The van der Waals surface area contributed by atoms with Crippen LogP contribution in [0.15, 0.2) is 65.7 Å². The SMILES string of the molecule is Cc1cc(Nc2cc(C(F)(F)F)ccn2)nc(-c2cn(C(C)C(=O)NCc3cc4ccc(F)cc4[nH]c3=O)nn2)c1. The first kappa shape index (κ1) is 27.4. The molecule has 14 heteroatoms. The number of hydrogen-bond donors (Lipinski definition) is 3. The molecule has 1 aromatic carbocycles. The number of aromatic nitrogens is 6. The minimum absolute atomic E-state index is 0.0322. The van der Waals surface area contributed by atoms with E-state index >= 15 is 0 Å². The molecule has 41 heavy (non-hydrogen) atoms. The molecular weight excluding hydrogens is 544 g/mol. The number of pyridine rings is 3. The zero-order chi connectivity index (χ0) is 29.3. The van der Waals surface area contributed by atoms with Crippen molar-refractivity contribution >= 4 is 28.4 Å². The Morgan fingerprint density at radius 2 is 1.88 bits per heavy atom. The van der Waals surface area contributed by atoms with Gasteiger partial charge < -0.3 is 15.6 Å². The van der Waals surface area contributed by atoms with Crippen molar-refractivity contribution in [2.24, 2.45) is 0 Å². The highest BCUT2D eigenvalue weighted by Crippen LogP contribution is 2.30. The summed E-state index contributed by atoms with van der Waals surface area (Å²) in [7, 11) is 0. The van der Waals surface area contributed by atoms with Gasteiger partial charge in [0.1, 0.15) is 29.2 Å². The Bertz CT molecular complexity index is 1820. The second-order valence-corrected chi connectivity index (χ2v) is 9.30. The van der Waals surface area contributed by atoms with Gasteiger partial charge in [0, 0.05) is 18.3 Å². The van der Waals surface area contributed by atoms with E-state index in [2.05, 4.69) is 35.9 Å². The minimum atomic E-state index is -4.52. The predicted octanol–water partition coefficient (Wildman–Crippen LogP) is 4.66. The molecule has 1 unspecified atom stereocenters. The van der Waals surface area contributed by atoms with E-state index in [0.29, 0.717) is 27.9 Å². The van der Waals surface area contributed by atoms with Gasteiger partial charge in [-0.3, -0.25) is 9.59 Å². The number of nitrogens with zero attached hydrogens (tertiary/aromatic N) is 5. The molecule has 0 saturated heterocycles. The lowest BCUT2D eigenvalue weighted by Crippen LogP contribution is -2.32. The van der Waals surface area contributed by atoms with Crippen molar-refractivity contribution in [2.45, 2.75) is 32.6 Å². The van der Waals surface area contributed by atoms with Gasteiger partial charge in [0.15, 0.2) is 0 Å². The first-order valence-electron chi connectivity index (χ1n) is 12.3. The Morgan fingerprint density at radius 3 is 2.66 bits per heavy atom. The third-order valence-electron chi connectivity index (χ3n) is 6.20. The van der Waals surface area contributed by atoms with E-state index in [0.717, 1.165) is 23.9 Å². The molecule has 4 aromatic heterocycles. The summed E-state index contributed by atoms with van der Waals surface area (Å²) in [6, 6.07) is 9.90. The molecule has 0 spiro atoms. The zero-order valence-electron chi connectivity index (χ0n) is 21.6. The molecule has 0 radical (unpaired) electrons. The van der Waals surface area contributed by atoms with E-state index in [1.54, 1.807) is 32.0 Å². The van der Waals surface area contributed by atoms with E-state index in [4.69, 9.17) is 0 Å². The number of nitrogens with one attached hydrogen (secondary N) is 3. The standard InChI is InChI=1S/C27H22F4N8O2/c1-14-7-21(34-24(8-14)36-23-10-18(5-6-32-23)27(29,30)31)22-13-39(38-37-22)15(2)25(40)33-12-17-9-16-3-4-19(28)11-20(16)35-26(17)41/h3-11,13,15H,12H2,1-2H3,(H,33,40)(H,35,41)(H,32,34,36). The van der Waals surface area contributed by atoms with Gasteiger partial charge in [0.25, 0.3) is 5.56 Å². The number of benzene rings is 1. The number of H-pyrrole nitrogens is 1. The number of aromatic amines is 1. The van der Waals surface area contributed by atoms with Crippen molar-refractivity contribution in [3.63, 3.8) is 0 Å². The second-order valence-electron chi connectivity index (χ2n) is 9.30. The number of halogens is 4. The third kappa shape index (κ3) is 6.21. The van der Waals surface area contributed by atoms with Gasteiger partial charge in [0.2, 0.25) is 5.91 Å². The minimum Gasteiger partial charge on any atom is -0.350 e. The van der Waals surface area contributed by atoms with E-state index < -0.39 is 35.1 Å². The van der Waals surface area contributed by atoms with Gasteiger partial charge in [-0.05, 0) is 73.3 Å². The maximum absolute atomic E-state index is 13.4. The topological polar surface area (TPSA) is 130 Å². The monoisotopic (exact) mass is 566 g/mol. The first-order chi connectivity index (χ1) is 19.5. The van der Waals surface area contributed by atoms with Crippen LogP contribution in [0.4, 0.5) is 29.2 Å². The number of hydrogen-bond acceptors (Lipinski definition) is 7. The van der Waals surface area contributed by atoms with Crippen LogP contribution in [0.25, 0.3) is 22.3 Å². The van der Waals surface area contributed by atoms with Gasteiger partial charge >= 0.3 is 6.18 Å². The summed E-state index contributed by atoms with van der Waals surface area (Å²) in [5.74, 6) is -0.697. The highest BCUT2D eigenvalue weighted by molar-refractivity contribution is 5.81. The maximum atomic E-state index is 13.4. The summed E-state index contributed by atoms with van der Waals surface area (Å²) in [6.45, 7) is 3.31. The normalized spacial score (nSPS) is 12.3. The third-order valence-corrected chi connectivity index (χ3v) is 6.20. The number of amides is 1. The Labute approximate surface area is 229 Å². The number of aryl methyl sites for hydroxylation is 1. The Hall–Kier alpha value is -5.14. The fourth-order valence-corrected chi connectivity index (χ4v) is 4.05. The average Bonchev–Trinajstić information content (AvgIpc) is 3.41. The highest BCUT2D eigenvalue weighted by Gasteiger charge is 2.30. The largest absolute Gasteiger partial charge is 0.416 e. The fraction of sp³-hybridized carbons (Fsp3) is 0.185. The summed E-state index contributed by atoms with van der Waals surface area (Å²) in [4.78, 5) is 36.1. The van der Waals surface area contributed by atoms with E-state index in [1.807, 2.05) is 0 Å². The maximum Gasteiger partial charge on any atom is 0.416 e. The van der Waals surface area contributed by atoms with E-state index in [-0.39, 0.29) is 18.2 Å². The van der Waals surface area contributed by atoms with Crippen molar-refractivity contribution in [3.8, 4) is 11.4 Å². The summed E-state index contributed by atoms with van der Waals surface area (Å²) >= 11 is 0. The number of fused-ring (bicyclic) bond motifs is 1. The van der Waals surface area contributed by atoms with Crippen molar-refractivity contribution < 1.29 is 22.4 Å². The van der Waals surface area contributed by atoms with Crippen LogP contribution < -0.4 is 16.2 Å². The molecule has 5 rings (SSSR count). The molecule has 10 nitrogen and oxygen atoms in total. The lowest BCUT2D eigenvalue weighted by Gasteiger charge is -2.12. The number of rotatable bonds is 7.